The Balaban J connectivity index is 1.07. The van der Waals surface area contributed by atoms with Gasteiger partial charge >= 0.3 is 12.1 Å². The lowest BCUT2D eigenvalue weighted by Crippen LogP contribution is -2.54. The highest BCUT2D eigenvalue weighted by atomic mass is 32.2. The van der Waals surface area contributed by atoms with E-state index in [1.807, 2.05) is 13.8 Å². The molecule has 4 aliphatic carbocycles. The van der Waals surface area contributed by atoms with Crippen LogP contribution in [0.5, 0.6) is 5.75 Å². The number of fused-ring (bicyclic) bond motifs is 4. The highest BCUT2D eigenvalue weighted by molar-refractivity contribution is 7.95. The molecule has 19 heteroatoms. The lowest BCUT2D eigenvalue weighted by molar-refractivity contribution is 0.0782. The molecule has 0 aliphatic heterocycles. The van der Waals surface area contributed by atoms with E-state index in [1.54, 1.807) is 13.8 Å². The molecule has 2 heterocycles. The number of hydrogen-bond donors (Lipinski definition) is 5. The van der Waals surface area contributed by atoms with Crippen LogP contribution in [0.1, 0.15) is 129 Å². The van der Waals surface area contributed by atoms with Crippen LogP contribution in [0.4, 0.5) is 21.0 Å². The minimum atomic E-state index is -3.63. The van der Waals surface area contributed by atoms with Gasteiger partial charge in [0.1, 0.15) is 38.0 Å². The standard InChI is InChI=1S/C44H60N8O6S4Si/c1-42(2,3)63(8,9)52-62(57,34-24-46-38(60-34)43(4,5)55)51-41(54)49-36-29-18-12-20-31(29)37(32-21-13-19-30(32)36)58-44(6,7)39-47-23-33(59-39)61(45,56)50-40(53)48-35-27-16-10-14-25(27)22-26-15-11-17-28(26)35/h22-24,55H,10-21H2,1-9H3,(H3,45,48,50,53,56)(H2,49,51,52,54,57). The Morgan fingerprint density at radius 1 is 0.714 bits per heavy atom. The minimum absolute atomic E-state index is 0.180. The molecule has 0 bridgehead atoms. The summed E-state index contributed by atoms with van der Waals surface area (Å²) in [7, 11) is -9.64. The monoisotopic (exact) mass is 952 g/mol. The number of nitrogens with two attached hydrogens (primary N) is 1. The number of nitrogens with zero attached hydrogens (tertiary/aromatic N) is 4. The second kappa shape index (κ2) is 16.4. The molecule has 0 saturated heterocycles. The summed E-state index contributed by atoms with van der Waals surface area (Å²) in [6.45, 7) is 17.4. The van der Waals surface area contributed by atoms with Crippen LogP contribution >= 0.6 is 22.7 Å². The topological polar surface area (TPSA) is 210 Å². The van der Waals surface area contributed by atoms with Crippen LogP contribution in [0.2, 0.25) is 18.1 Å². The van der Waals surface area contributed by atoms with Crippen molar-refractivity contribution in [3.05, 3.63) is 73.0 Å². The Kier molecular flexibility index (Phi) is 12.0. The normalized spacial score (nSPS) is 17.9. The third-order valence-electron chi connectivity index (χ3n) is 13.1. The van der Waals surface area contributed by atoms with Gasteiger partial charge in [0, 0.05) is 11.4 Å². The molecule has 340 valence electrons. The number of thiazole rings is 2. The average molecular weight is 953 g/mol. The summed E-state index contributed by atoms with van der Waals surface area (Å²) in [5.74, 6) is 0.763. The third-order valence-corrected chi connectivity index (χ3v) is 26.3. The van der Waals surface area contributed by atoms with E-state index in [9.17, 15) is 23.1 Å². The van der Waals surface area contributed by atoms with E-state index in [0.717, 1.165) is 132 Å². The van der Waals surface area contributed by atoms with Crippen molar-refractivity contribution >= 4 is 74.2 Å². The number of aromatic nitrogens is 2. The molecule has 14 nitrogen and oxygen atoms in total. The number of carbonyl (C=O) groups is 2. The molecule has 2 aromatic heterocycles. The van der Waals surface area contributed by atoms with Gasteiger partial charge in [-0.25, -0.2) is 37.5 Å². The number of carbonyl (C=O) groups excluding carboxylic acids is 2. The number of nitrogens with one attached hydrogen (secondary N) is 3. The molecule has 0 radical (unpaired) electrons. The lowest BCUT2D eigenvalue weighted by atomic mass is 9.96. The Labute approximate surface area is 380 Å². The van der Waals surface area contributed by atoms with E-state index in [0.29, 0.717) is 28.5 Å². The maximum absolute atomic E-state index is 15.0. The van der Waals surface area contributed by atoms with Crippen LogP contribution in [0.25, 0.3) is 0 Å². The van der Waals surface area contributed by atoms with Gasteiger partial charge in [0.25, 0.3) is 0 Å². The highest BCUT2D eigenvalue weighted by Crippen LogP contribution is 2.48. The molecule has 2 unspecified atom stereocenters. The molecule has 63 heavy (non-hydrogen) atoms. The summed E-state index contributed by atoms with van der Waals surface area (Å²) in [6.07, 6.45) is 13.3. The van der Waals surface area contributed by atoms with Gasteiger partial charge in [-0.3, -0.25) is 0 Å². The molecule has 4 amide bonds. The van der Waals surface area contributed by atoms with Gasteiger partial charge in [-0.05, 0) is 154 Å². The van der Waals surface area contributed by atoms with Gasteiger partial charge < -0.3 is 20.5 Å². The van der Waals surface area contributed by atoms with Crippen molar-refractivity contribution in [1.82, 2.24) is 14.4 Å². The Hall–Kier alpha value is -3.56. The molecule has 0 fully saturated rings. The quantitative estimate of drug-likeness (QED) is 0.0964. The van der Waals surface area contributed by atoms with E-state index in [2.05, 4.69) is 73.6 Å². The first-order chi connectivity index (χ1) is 29.4. The van der Waals surface area contributed by atoms with Gasteiger partial charge in [-0.15, -0.1) is 31.4 Å². The van der Waals surface area contributed by atoms with Crippen molar-refractivity contribution in [2.24, 2.45) is 13.9 Å². The van der Waals surface area contributed by atoms with Crippen molar-refractivity contribution in [3.8, 4) is 5.75 Å². The molecular weight excluding hydrogens is 893 g/mol. The number of urea groups is 2. The molecule has 0 saturated carbocycles. The Morgan fingerprint density at radius 3 is 1.71 bits per heavy atom. The number of aliphatic hydroxyl groups is 1. The fourth-order valence-electron chi connectivity index (χ4n) is 8.95. The number of ether oxygens (including phenoxy) is 1. The SMILES string of the molecule is CC(C)(O)c1ncc(S(=O)(=NC(=O)Nc2c3c(c(OC(C)(C)c4ncc(S(N)(=O)=NC(=O)Nc5c6c(cc7c5CCC7)CCC6)s4)c4c2CCC4)CCC3)N[Si](C)(C)C(C)(C)C)s1. The molecular formula is C44H60N8O6S4Si. The number of hydrogen-bond acceptors (Lipinski definition) is 10. The Morgan fingerprint density at radius 2 is 1.17 bits per heavy atom. The smallest absolute Gasteiger partial charge is 0.354 e. The van der Waals surface area contributed by atoms with Crippen molar-refractivity contribution in [1.29, 1.82) is 0 Å². The summed E-state index contributed by atoms with van der Waals surface area (Å²) in [6, 6.07) is 0.831. The molecule has 6 N–H and O–H groups in total. The van der Waals surface area contributed by atoms with Crippen molar-refractivity contribution in [2.45, 2.75) is 163 Å². The zero-order chi connectivity index (χ0) is 45.5. The van der Waals surface area contributed by atoms with Gasteiger partial charge in [0.15, 0.2) is 25.4 Å². The van der Waals surface area contributed by atoms with E-state index in [-0.39, 0.29) is 13.5 Å². The van der Waals surface area contributed by atoms with E-state index in [1.165, 1.54) is 23.5 Å². The van der Waals surface area contributed by atoms with E-state index < -0.39 is 51.3 Å². The van der Waals surface area contributed by atoms with Crippen LogP contribution < -0.4 is 24.9 Å². The number of benzene rings is 2. The summed E-state index contributed by atoms with van der Waals surface area (Å²) in [4.78, 5) is 36.5. The summed E-state index contributed by atoms with van der Waals surface area (Å²) in [5, 5.41) is 23.8. The largest absolute Gasteiger partial charge is 0.480 e. The first-order valence-corrected chi connectivity index (χ1v) is 29.5. The predicted molar refractivity (Wildman–Crippen MR) is 254 cm³/mol. The second-order valence-electron chi connectivity index (χ2n) is 19.8. The number of aryl methyl sites for hydroxylation is 2. The molecule has 4 aliphatic rings. The maximum Gasteiger partial charge on any atom is 0.354 e. The van der Waals surface area contributed by atoms with Crippen LogP contribution in [0, 0.1) is 0 Å². The van der Waals surface area contributed by atoms with Crippen LogP contribution in [-0.2, 0) is 82.4 Å². The van der Waals surface area contributed by atoms with Gasteiger partial charge in [-0.2, -0.15) is 0 Å². The van der Waals surface area contributed by atoms with Gasteiger partial charge in [0.05, 0.1) is 12.4 Å². The summed E-state index contributed by atoms with van der Waals surface area (Å²) in [5.41, 5.74) is 8.06. The van der Waals surface area contributed by atoms with E-state index in [4.69, 9.17) is 9.88 Å². The predicted octanol–water partition coefficient (Wildman–Crippen LogP) is 9.60. The van der Waals surface area contributed by atoms with Crippen LogP contribution in [0.15, 0.2) is 35.6 Å². The molecule has 0 spiro atoms. The lowest BCUT2D eigenvalue weighted by Gasteiger charge is -2.37. The van der Waals surface area contributed by atoms with E-state index >= 15 is 0 Å². The third kappa shape index (κ3) is 8.92. The number of anilines is 2. The first-order valence-electron chi connectivity index (χ1n) is 21.8. The van der Waals surface area contributed by atoms with Crippen molar-refractivity contribution in [2.75, 3.05) is 10.6 Å². The van der Waals surface area contributed by atoms with Gasteiger partial charge in [-0.1, -0.05) is 39.9 Å². The maximum atomic E-state index is 15.0. The highest BCUT2D eigenvalue weighted by Gasteiger charge is 2.41. The number of rotatable bonds is 10. The molecule has 2 atom stereocenters. The fourth-order valence-corrected chi connectivity index (χ4v) is 18.0. The average Bonchev–Trinajstić information content (AvgIpc) is 4.03. The first kappa shape index (κ1) is 46.0. The van der Waals surface area contributed by atoms with Crippen LogP contribution in [-0.4, -0.2) is 43.8 Å². The van der Waals surface area contributed by atoms with Crippen LogP contribution in [0.3, 0.4) is 0 Å². The van der Waals surface area contributed by atoms with Crippen molar-refractivity contribution in [3.63, 3.8) is 0 Å². The molecule has 2 aromatic carbocycles. The fraction of sp³-hybridized carbons (Fsp3) is 0.545. The Bertz CT molecular complexity index is 2730. The summed E-state index contributed by atoms with van der Waals surface area (Å²) < 4.78 is 48.1. The molecule has 4 aromatic rings. The minimum Gasteiger partial charge on any atom is -0.480 e. The number of amides is 4. The van der Waals surface area contributed by atoms with Crippen molar-refractivity contribution < 1.29 is 27.9 Å². The van der Waals surface area contributed by atoms with Gasteiger partial charge in [0.2, 0.25) is 0 Å². The zero-order valence-electron chi connectivity index (χ0n) is 37.7. The summed E-state index contributed by atoms with van der Waals surface area (Å²) >= 11 is 2.20. The molecule has 8 rings (SSSR count). The zero-order valence-corrected chi connectivity index (χ0v) is 42.0. The second-order valence-corrected chi connectivity index (χ2v) is 31.4.